The first kappa shape index (κ1) is 13.2. The van der Waals surface area contributed by atoms with E-state index in [1.54, 1.807) is 6.07 Å². The molecule has 16 heavy (non-hydrogen) atoms. The number of nitrogens with one attached hydrogen (secondary N) is 1. The Kier molecular flexibility index (Phi) is 5.49. The van der Waals surface area contributed by atoms with Gasteiger partial charge in [-0.15, -0.1) is 0 Å². The van der Waals surface area contributed by atoms with Gasteiger partial charge in [-0.25, -0.2) is 0 Å². The molecule has 0 saturated heterocycles. The third-order valence-electron chi connectivity index (χ3n) is 2.17. The number of carbonyl (C=O) groups excluding carboxylic acids is 1. The van der Waals surface area contributed by atoms with Gasteiger partial charge in [0.2, 0.25) is 0 Å². The van der Waals surface area contributed by atoms with E-state index in [1.165, 1.54) is 0 Å². The minimum absolute atomic E-state index is 0.0738. The second kappa shape index (κ2) is 6.66. The highest BCUT2D eigenvalue weighted by Crippen LogP contribution is 2.20. The second-order valence-corrected chi connectivity index (χ2v) is 4.18. The SMILES string of the molecule is CCOCCNC(=O)c1cccc(C)c1Br. The summed E-state index contributed by atoms with van der Waals surface area (Å²) in [5.74, 6) is -0.0738. The predicted molar refractivity (Wildman–Crippen MR) is 67.7 cm³/mol. The molecule has 0 spiro atoms. The summed E-state index contributed by atoms with van der Waals surface area (Å²) in [6.45, 7) is 5.64. The molecule has 1 aromatic rings. The number of hydrogen-bond acceptors (Lipinski definition) is 2. The molecule has 0 fully saturated rings. The van der Waals surface area contributed by atoms with E-state index in [1.807, 2.05) is 26.0 Å². The lowest BCUT2D eigenvalue weighted by atomic mass is 10.1. The van der Waals surface area contributed by atoms with Crippen LogP contribution in [0.5, 0.6) is 0 Å². The molecule has 0 aromatic heterocycles. The molecule has 0 aliphatic rings. The van der Waals surface area contributed by atoms with Gasteiger partial charge >= 0.3 is 0 Å². The number of amides is 1. The van der Waals surface area contributed by atoms with Gasteiger partial charge in [0.05, 0.1) is 12.2 Å². The predicted octanol–water partition coefficient (Wildman–Crippen LogP) is 2.52. The summed E-state index contributed by atoms with van der Waals surface area (Å²) in [7, 11) is 0. The second-order valence-electron chi connectivity index (χ2n) is 3.39. The summed E-state index contributed by atoms with van der Waals surface area (Å²) in [5.41, 5.74) is 1.72. The highest BCUT2D eigenvalue weighted by Gasteiger charge is 2.10. The van der Waals surface area contributed by atoms with Crippen molar-refractivity contribution in [1.29, 1.82) is 0 Å². The van der Waals surface area contributed by atoms with Crippen LogP contribution in [0.3, 0.4) is 0 Å². The molecule has 0 atom stereocenters. The summed E-state index contributed by atoms with van der Waals surface area (Å²) >= 11 is 3.41. The lowest BCUT2D eigenvalue weighted by molar-refractivity contribution is 0.0922. The molecular formula is C12H16BrNO2. The summed E-state index contributed by atoms with van der Waals surface area (Å²) in [6, 6.07) is 5.63. The average molecular weight is 286 g/mol. The number of carbonyl (C=O) groups is 1. The smallest absolute Gasteiger partial charge is 0.252 e. The molecule has 0 saturated carbocycles. The summed E-state index contributed by atoms with van der Waals surface area (Å²) in [4.78, 5) is 11.8. The van der Waals surface area contributed by atoms with Crippen LogP contribution in [-0.4, -0.2) is 25.7 Å². The van der Waals surface area contributed by atoms with Crippen molar-refractivity contribution in [3.63, 3.8) is 0 Å². The molecule has 1 N–H and O–H groups in total. The van der Waals surface area contributed by atoms with Gasteiger partial charge in [-0.1, -0.05) is 12.1 Å². The van der Waals surface area contributed by atoms with Crippen LogP contribution in [0.4, 0.5) is 0 Å². The normalized spacial score (nSPS) is 10.2. The van der Waals surface area contributed by atoms with Crippen molar-refractivity contribution < 1.29 is 9.53 Å². The van der Waals surface area contributed by atoms with E-state index in [-0.39, 0.29) is 5.91 Å². The highest BCUT2D eigenvalue weighted by atomic mass is 79.9. The number of aryl methyl sites for hydroxylation is 1. The number of benzene rings is 1. The van der Waals surface area contributed by atoms with E-state index in [9.17, 15) is 4.79 Å². The van der Waals surface area contributed by atoms with E-state index in [2.05, 4.69) is 21.2 Å². The number of ether oxygens (including phenoxy) is 1. The minimum atomic E-state index is -0.0738. The fourth-order valence-corrected chi connectivity index (χ4v) is 1.74. The minimum Gasteiger partial charge on any atom is -0.380 e. The van der Waals surface area contributed by atoms with Crippen molar-refractivity contribution in [3.8, 4) is 0 Å². The highest BCUT2D eigenvalue weighted by molar-refractivity contribution is 9.10. The third kappa shape index (κ3) is 3.61. The quantitative estimate of drug-likeness (QED) is 0.845. The molecule has 0 radical (unpaired) electrons. The van der Waals surface area contributed by atoms with Crippen molar-refractivity contribution in [2.45, 2.75) is 13.8 Å². The van der Waals surface area contributed by atoms with Crippen LogP contribution >= 0.6 is 15.9 Å². The van der Waals surface area contributed by atoms with Gasteiger partial charge in [0.25, 0.3) is 5.91 Å². The molecule has 88 valence electrons. The van der Waals surface area contributed by atoms with Crippen molar-refractivity contribution in [2.24, 2.45) is 0 Å². The van der Waals surface area contributed by atoms with Crippen LogP contribution in [0.15, 0.2) is 22.7 Å². The Hall–Kier alpha value is -0.870. The van der Waals surface area contributed by atoms with Gasteiger partial charge in [-0.05, 0) is 41.4 Å². The Morgan fingerprint density at radius 2 is 2.25 bits per heavy atom. The molecule has 4 heteroatoms. The zero-order chi connectivity index (χ0) is 12.0. The first-order valence-corrected chi connectivity index (χ1v) is 6.07. The molecule has 0 bridgehead atoms. The fourth-order valence-electron chi connectivity index (χ4n) is 1.30. The van der Waals surface area contributed by atoms with E-state index < -0.39 is 0 Å². The zero-order valence-corrected chi connectivity index (χ0v) is 11.1. The Balaban J connectivity index is 2.56. The molecule has 0 heterocycles. The van der Waals surface area contributed by atoms with E-state index in [0.29, 0.717) is 25.3 Å². The van der Waals surface area contributed by atoms with E-state index in [4.69, 9.17) is 4.74 Å². The van der Waals surface area contributed by atoms with Crippen LogP contribution in [0, 0.1) is 6.92 Å². The van der Waals surface area contributed by atoms with Crippen LogP contribution in [-0.2, 0) is 4.74 Å². The topological polar surface area (TPSA) is 38.3 Å². The van der Waals surface area contributed by atoms with Crippen molar-refractivity contribution in [2.75, 3.05) is 19.8 Å². The van der Waals surface area contributed by atoms with Gasteiger partial charge < -0.3 is 10.1 Å². The molecule has 1 amide bonds. The Bertz CT molecular complexity index is 366. The first-order chi connectivity index (χ1) is 7.66. The third-order valence-corrected chi connectivity index (χ3v) is 3.23. The van der Waals surface area contributed by atoms with Gasteiger partial charge in [0, 0.05) is 17.6 Å². The van der Waals surface area contributed by atoms with Crippen molar-refractivity contribution in [1.82, 2.24) is 5.32 Å². The van der Waals surface area contributed by atoms with Crippen LogP contribution < -0.4 is 5.32 Å². The maximum Gasteiger partial charge on any atom is 0.252 e. The van der Waals surface area contributed by atoms with Gasteiger partial charge in [-0.2, -0.15) is 0 Å². The number of hydrogen-bond donors (Lipinski definition) is 1. The van der Waals surface area contributed by atoms with Crippen LogP contribution in [0.1, 0.15) is 22.8 Å². The lowest BCUT2D eigenvalue weighted by Gasteiger charge is -2.08. The summed E-state index contributed by atoms with van der Waals surface area (Å²) in [6.07, 6.45) is 0. The first-order valence-electron chi connectivity index (χ1n) is 5.28. The van der Waals surface area contributed by atoms with Gasteiger partial charge in [0.1, 0.15) is 0 Å². The molecule has 0 aliphatic heterocycles. The van der Waals surface area contributed by atoms with Crippen LogP contribution in [0.25, 0.3) is 0 Å². The lowest BCUT2D eigenvalue weighted by Crippen LogP contribution is -2.27. The Morgan fingerprint density at radius 1 is 1.50 bits per heavy atom. The molecule has 0 aliphatic carbocycles. The van der Waals surface area contributed by atoms with Crippen molar-refractivity contribution in [3.05, 3.63) is 33.8 Å². The standard InChI is InChI=1S/C12H16BrNO2/c1-3-16-8-7-14-12(15)10-6-4-5-9(2)11(10)13/h4-6H,3,7-8H2,1-2H3,(H,14,15). The molecular weight excluding hydrogens is 270 g/mol. The average Bonchev–Trinajstić information content (AvgIpc) is 2.28. The molecule has 1 aromatic carbocycles. The van der Waals surface area contributed by atoms with E-state index >= 15 is 0 Å². The Labute approximate surface area is 104 Å². The number of rotatable bonds is 5. The molecule has 3 nitrogen and oxygen atoms in total. The maximum absolute atomic E-state index is 11.8. The number of halogens is 1. The largest absolute Gasteiger partial charge is 0.380 e. The van der Waals surface area contributed by atoms with Crippen LogP contribution in [0.2, 0.25) is 0 Å². The van der Waals surface area contributed by atoms with Gasteiger partial charge in [-0.3, -0.25) is 4.79 Å². The molecule has 1 rings (SSSR count). The van der Waals surface area contributed by atoms with Crippen molar-refractivity contribution >= 4 is 21.8 Å². The Morgan fingerprint density at radius 3 is 2.94 bits per heavy atom. The zero-order valence-electron chi connectivity index (χ0n) is 9.55. The van der Waals surface area contributed by atoms with Gasteiger partial charge in [0.15, 0.2) is 0 Å². The summed E-state index contributed by atoms with van der Waals surface area (Å²) < 4.78 is 6.00. The fraction of sp³-hybridized carbons (Fsp3) is 0.417. The monoisotopic (exact) mass is 285 g/mol. The maximum atomic E-state index is 11.8. The molecule has 0 unspecified atom stereocenters. The summed E-state index contributed by atoms with van der Waals surface area (Å²) in [5, 5.41) is 2.81. The van der Waals surface area contributed by atoms with E-state index in [0.717, 1.165) is 10.0 Å².